The minimum atomic E-state index is -0.779. The van der Waals surface area contributed by atoms with Crippen molar-refractivity contribution in [3.05, 3.63) is 58.3 Å². The van der Waals surface area contributed by atoms with Crippen LogP contribution in [0.15, 0.2) is 42.5 Å². The van der Waals surface area contributed by atoms with Gasteiger partial charge in [-0.2, -0.15) is 0 Å². The fourth-order valence-electron chi connectivity index (χ4n) is 2.80. The minimum Gasteiger partial charge on any atom is -0.455 e. The fourth-order valence-corrected chi connectivity index (χ4v) is 3.26. The highest BCUT2D eigenvalue weighted by Gasteiger charge is 2.37. The third-order valence-corrected chi connectivity index (χ3v) is 4.70. The summed E-state index contributed by atoms with van der Waals surface area (Å²) in [5, 5.41) is 3.16. The number of halogens is 3. The van der Waals surface area contributed by atoms with Crippen molar-refractivity contribution in [2.45, 2.75) is 6.42 Å². The van der Waals surface area contributed by atoms with Crippen LogP contribution in [0.4, 0.5) is 15.8 Å². The topological polar surface area (TPSA) is 75.7 Å². The van der Waals surface area contributed by atoms with Gasteiger partial charge in [-0.1, -0.05) is 35.3 Å². The first kappa shape index (κ1) is 20.1. The van der Waals surface area contributed by atoms with Crippen molar-refractivity contribution in [1.29, 1.82) is 0 Å². The molecule has 0 spiro atoms. The number of benzene rings is 2. The van der Waals surface area contributed by atoms with Gasteiger partial charge in [0.2, 0.25) is 5.91 Å². The second-order valence-electron chi connectivity index (χ2n) is 6.14. The summed E-state index contributed by atoms with van der Waals surface area (Å²) >= 11 is 11.7. The molecule has 1 atom stereocenters. The maximum atomic E-state index is 13.9. The summed E-state index contributed by atoms with van der Waals surface area (Å²) in [5.74, 6) is -3.01. The number of esters is 1. The second kappa shape index (κ2) is 8.58. The Morgan fingerprint density at radius 1 is 1.21 bits per heavy atom. The molecule has 1 heterocycles. The average Bonchev–Trinajstić information content (AvgIpc) is 3.04. The fraction of sp³-hybridized carbons (Fsp3) is 0.211. The molecule has 2 amide bonds. The summed E-state index contributed by atoms with van der Waals surface area (Å²) in [6.45, 7) is -0.550. The number of nitrogens with one attached hydrogen (secondary N) is 1. The number of hydrogen-bond donors (Lipinski definition) is 1. The van der Waals surface area contributed by atoms with Gasteiger partial charge in [0, 0.05) is 18.0 Å². The number of anilines is 2. The molecule has 1 saturated heterocycles. The minimum absolute atomic E-state index is 0.0107. The largest absolute Gasteiger partial charge is 0.455 e. The Morgan fingerprint density at radius 3 is 2.68 bits per heavy atom. The summed E-state index contributed by atoms with van der Waals surface area (Å²) in [6.07, 6.45) is -0.113. The van der Waals surface area contributed by atoms with E-state index in [-0.39, 0.29) is 29.6 Å². The molecule has 0 radical (unpaired) electrons. The highest BCUT2D eigenvalue weighted by molar-refractivity contribution is 6.36. The predicted octanol–water partition coefficient (Wildman–Crippen LogP) is 3.67. The van der Waals surface area contributed by atoms with Crippen molar-refractivity contribution in [1.82, 2.24) is 0 Å². The monoisotopic (exact) mass is 424 g/mol. The highest BCUT2D eigenvalue weighted by atomic mass is 35.5. The Labute approximate surface area is 170 Å². The molecule has 1 fully saturated rings. The number of hydrogen-bond acceptors (Lipinski definition) is 4. The lowest BCUT2D eigenvalue weighted by atomic mass is 10.1. The third kappa shape index (κ3) is 4.61. The smallest absolute Gasteiger partial charge is 0.311 e. The molecular weight excluding hydrogens is 410 g/mol. The van der Waals surface area contributed by atoms with Crippen LogP contribution in [-0.4, -0.2) is 30.9 Å². The van der Waals surface area contributed by atoms with Crippen LogP contribution in [0.5, 0.6) is 0 Å². The number of carbonyl (C=O) groups excluding carboxylic acids is 3. The van der Waals surface area contributed by atoms with Gasteiger partial charge in [0.15, 0.2) is 6.61 Å². The summed E-state index contributed by atoms with van der Waals surface area (Å²) < 4.78 is 18.9. The van der Waals surface area contributed by atoms with Gasteiger partial charge in [-0.15, -0.1) is 0 Å². The van der Waals surface area contributed by atoms with E-state index in [1.165, 1.54) is 35.2 Å². The molecule has 0 bridgehead atoms. The first-order valence-corrected chi connectivity index (χ1v) is 9.07. The molecule has 0 unspecified atom stereocenters. The van der Waals surface area contributed by atoms with E-state index in [1.807, 2.05) is 0 Å². The molecule has 0 saturated carbocycles. The lowest BCUT2D eigenvalue weighted by molar-refractivity contribution is -0.151. The van der Waals surface area contributed by atoms with Crippen LogP contribution >= 0.6 is 23.2 Å². The molecule has 28 heavy (non-hydrogen) atoms. The first-order valence-electron chi connectivity index (χ1n) is 8.31. The van der Waals surface area contributed by atoms with Gasteiger partial charge in [-0.3, -0.25) is 14.4 Å². The number of ether oxygens (including phenoxy) is 1. The summed E-state index contributed by atoms with van der Waals surface area (Å²) in [5.41, 5.74) is 0.437. The molecule has 2 aromatic rings. The zero-order valence-electron chi connectivity index (χ0n) is 14.5. The normalized spacial score (nSPS) is 16.2. The molecule has 6 nitrogen and oxygen atoms in total. The number of carbonyl (C=O) groups is 3. The van der Waals surface area contributed by atoms with Gasteiger partial charge >= 0.3 is 5.97 Å². The number of para-hydroxylation sites is 1. The van der Waals surface area contributed by atoms with Crippen molar-refractivity contribution < 1.29 is 23.5 Å². The van der Waals surface area contributed by atoms with Gasteiger partial charge in [0.05, 0.1) is 22.3 Å². The zero-order chi connectivity index (χ0) is 20.3. The Balaban J connectivity index is 1.54. The molecular formula is C19H15Cl2FN2O4. The molecule has 2 aromatic carbocycles. The third-order valence-electron chi connectivity index (χ3n) is 4.15. The maximum Gasteiger partial charge on any atom is 0.311 e. The first-order chi connectivity index (χ1) is 13.3. The van der Waals surface area contributed by atoms with Gasteiger partial charge in [0.25, 0.3) is 5.91 Å². The molecule has 1 aliphatic rings. The van der Waals surface area contributed by atoms with Crippen LogP contribution in [0.1, 0.15) is 6.42 Å². The van der Waals surface area contributed by atoms with E-state index < -0.39 is 30.2 Å². The molecule has 1 aliphatic heterocycles. The van der Waals surface area contributed by atoms with E-state index in [4.69, 9.17) is 27.9 Å². The summed E-state index contributed by atoms with van der Waals surface area (Å²) in [4.78, 5) is 37.5. The molecule has 146 valence electrons. The Bertz CT molecular complexity index is 938. The van der Waals surface area contributed by atoms with Crippen molar-refractivity contribution in [3.8, 4) is 0 Å². The van der Waals surface area contributed by atoms with Crippen LogP contribution < -0.4 is 10.2 Å². The summed E-state index contributed by atoms with van der Waals surface area (Å²) in [7, 11) is 0. The van der Waals surface area contributed by atoms with Gasteiger partial charge in [0.1, 0.15) is 5.82 Å². The lowest BCUT2D eigenvalue weighted by Gasteiger charge is -2.17. The van der Waals surface area contributed by atoms with Crippen molar-refractivity contribution in [3.63, 3.8) is 0 Å². The van der Waals surface area contributed by atoms with Crippen LogP contribution in [0.25, 0.3) is 0 Å². The van der Waals surface area contributed by atoms with E-state index in [2.05, 4.69) is 5.32 Å². The molecule has 9 heteroatoms. The quantitative estimate of drug-likeness (QED) is 0.742. The van der Waals surface area contributed by atoms with Crippen molar-refractivity contribution in [2.75, 3.05) is 23.4 Å². The molecule has 3 rings (SSSR count). The number of nitrogens with zero attached hydrogens (tertiary/aromatic N) is 1. The Hall–Kier alpha value is -2.64. The maximum absolute atomic E-state index is 13.9. The molecule has 0 aromatic heterocycles. The molecule has 0 aliphatic carbocycles. The van der Waals surface area contributed by atoms with E-state index in [9.17, 15) is 18.8 Å². The van der Waals surface area contributed by atoms with Gasteiger partial charge < -0.3 is 15.0 Å². The Kier molecular flexibility index (Phi) is 6.16. The van der Waals surface area contributed by atoms with Crippen molar-refractivity contribution in [2.24, 2.45) is 5.92 Å². The van der Waals surface area contributed by atoms with Crippen LogP contribution in [0.3, 0.4) is 0 Å². The summed E-state index contributed by atoms with van der Waals surface area (Å²) in [6, 6.07) is 10.3. The number of amides is 2. The van der Waals surface area contributed by atoms with E-state index in [0.29, 0.717) is 10.7 Å². The zero-order valence-corrected chi connectivity index (χ0v) is 16.0. The van der Waals surface area contributed by atoms with Crippen LogP contribution in [0.2, 0.25) is 10.0 Å². The molecule has 1 N–H and O–H groups in total. The van der Waals surface area contributed by atoms with E-state index >= 15 is 0 Å². The van der Waals surface area contributed by atoms with E-state index in [0.717, 1.165) is 0 Å². The van der Waals surface area contributed by atoms with E-state index in [1.54, 1.807) is 12.1 Å². The predicted molar refractivity (Wildman–Crippen MR) is 103 cm³/mol. The number of rotatable bonds is 5. The van der Waals surface area contributed by atoms with Crippen LogP contribution in [-0.2, 0) is 19.1 Å². The average molecular weight is 425 g/mol. The standard InChI is InChI=1S/C19H15Cl2FN2O4/c20-12-5-6-15(13(21)8-12)23-17(25)10-28-19(27)11-7-18(26)24(9-11)16-4-2-1-3-14(16)22/h1-6,8,11H,7,9-10H2,(H,23,25)/t11-/m0/s1. The van der Waals surface area contributed by atoms with Crippen molar-refractivity contribution >= 4 is 52.4 Å². The SMILES string of the molecule is O=C(COC(=O)[C@H]1CC(=O)N(c2ccccc2F)C1)Nc1ccc(Cl)cc1Cl. The van der Waals surface area contributed by atoms with Gasteiger partial charge in [-0.25, -0.2) is 4.39 Å². The second-order valence-corrected chi connectivity index (χ2v) is 6.98. The van der Waals surface area contributed by atoms with Crippen LogP contribution in [0, 0.1) is 11.7 Å². The lowest BCUT2D eigenvalue weighted by Crippen LogP contribution is -2.28. The van der Waals surface area contributed by atoms with Gasteiger partial charge in [-0.05, 0) is 30.3 Å². The Morgan fingerprint density at radius 2 is 1.96 bits per heavy atom. The highest BCUT2D eigenvalue weighted by Crippen LogP contribution is 2.28.